The van der Waals surface area contributed by atoms with Crippen molar-refractivity contribution >= 4 is 53.1 Å². The van der Waals surface area contributed by atoms with Crippen LogP contribution in [0.25, 0.3) is 0 Å². The number of benzene rings is 1. The molecule has 1 aliphatic carbocycles. The Morgan fingerprint density at radius 3 is 2.48 bits per heavy atom. The first-order chi connectivity index (χ1) is 9.31. The van der Waals surface area contributed by atoms with Gasteiger partial charge in [-0.25, -0.2) is 0 Å². The molecule has 0 aromatic heterocycles. The highest BCUT2D eigenvalue weighted by Crippen LogP contribution is 2.30. The molecular weight excluding hydrogens is 420 g/mol. The maximum atomic E-state index is 6.08. The lowest BCUT2D eigenvalue weighted by Crippen LogP contribution is -2.37. The van der Waals surface area contributed by atoms with Crippen molar-refractivity contribution in [2.75, 3.05) is 13.6 Å². The summed E-state index contributed by atoms with van der Waals surface area (Å²) in [6.07, 6.45) is 2.42. The highest BCUT2D eigenvalue weighted by Gasteiger charge is 2.28. The number of hydrogen-bond donors (Lipinski definition) is 1. The van der Waals surface area contributed by atoms with Gasteiger partial charge in [0.25, 0.3) is 0 Å². The zero-order valence-corrected chi connectivity index (χ0v) is 16.4. The molecule has 1 aliphatic rings. The number of nitrogens with zero attached hydrogens (tertiary/aromatic N) is 2. The zero-order chi connectivity index (χ0) is 14.9. The molecule has 0 heterocycles. The Balaban J connectivity index is 0.00000220. The van der Waals surface area contributed by atoms with Crippen LogP contribution in [0.1, 0.15) is 32.3 Å². The van der Waals surface area contributed by atoms with E-state index in [1.54, 1.807) is 0 Å². The van der Waals surface area contributed by atoms with Crippen LogP contribution in [0.4, 0.5) is 0 Å². The summed E-state index contributed by atoms with van der Waals surface area (Å²) >= 11 is 12.0. The SMILES string of the molecule is CN(C(N)=NCC(C)(C)c1ccc(Cl)c(Cl)c1)C1CC1.I. The molecule has 2 N–H and O–H groups in total. The highest BCUT2D eigenvalue weighted by atomic mass is 127. The molecule has 0 saturated heterocycles. The maximum Gasteiger partial charge on any atom is 0.191 e. The van der Waals surface area contributed by atoms with Gasteiger partial charge in [0.2, 0.25) is 0 Å². The van der Waals surface area contributed by atoms with Crippen LogP contribution in [0.3, 0.4) is 0 Å². The maximum absolute atomic E-state index is 6.08. The van der Waals surface area contributed by atoms with E-state index in [0.717, 1.165) is 5.56 Å². The fourth-order valence-electron chi connectivity index (χ4n) is 2.05. The van der Waals surface area contributed by atoms with Crippen molar-refractivity contribution in [3.63, 3.8) is 0 Å². The van der Waals surface area contributed by atoms with Crippen LogP contribution in [-0.2, 0) is 5.41 Å². The van der Waals surface area contributed by atoms with Crippen molar-refractivity contribution in [3.05, 3.63) is 33.8 Å². The molecule has 1 saturated carbocycles. The van der Waals surface area contributed by atoms with Crippen LogP contribution in [-0.4, -0.2) is 30.5 Å². The van der Waals surface area contributed by atoms with Gasteiger partial charge in [0, 0.05) is 18.5 Å². The fourth-order valence-corrected chi connectivity index (χ4v) is 2.35. The molecule has 0 atom stereocenters. The fraction of sp³-hybridized carbons (Fsp3) is 0.533. The lowest BCUT2D eigenvalue weighted by molar-refractivity contribution is 0.476. The summed E-state index contributed by atoms with van der Waals surface area (Å²) in [7, 11) is 2.00. The molecule has 0 spiro atoms. The second-order valence-corrected chi connectivity index (χ2v) is 6.84. The largest absolute Gasteiger partial charge is 0.370 e. The van der Waals surface area contributed by atoms with E-state index < -0.39 is 0 Å². The third-order valence-corrected chi connectivity index (χ3v) is 4.53. The average molecular weight is 442 g/mol. The molecule has 118 valence electrons. The van der Waals surface area contributed by atoms with Crippen LogP contribution >= 0.6 is 47.2 Å². The molecule has 1 fully saturated rings. The van der Waals surface area contributed by atoms with Crippen molar-refractivity contribution in [1.29, 1.82) is 0 Å². The number of aliphatic imine (C=N–C) groups is 1. The summed E-state index contributed by atoms with van der Waals surface area (Å²) in [6, 6.07) is 6.29. The van der Waals surface area contributed by atoms with Gasteiger partial charge in [0.05, 0.1) is 16.6 Å². The van der Waals surface area contributed by atoms with Crippen molar-refractivity contribution in [3.8, 4) is 0 Å². The predicted molar refractivity (Wildman–Crippen MR) is 102 cm³/mol. The van der Waals surface area contributed by atoms with Crippen molar-refractivity contribution < 1.29 is 0 Å². The average Bonchev–Trinajstić information content (AvgIpc) is 3.22. The second-order valence-electron chi connectivity index (χ2n) is 6.03. The molecule has 0 amide bonds. The molecule has 21 heavy (non-hydrogen) atoms. The van der Waals surface area contributed by atoms with Gasteiger partial charge < -0.3 is 10.6 Å². The summed E-state index contributed by atoms with van der Waals surface area (Å²) in [4.78, 5) is 6.59. The van der Waals surface area contributed by atoms with Gasteiger partial charge in [-0.15, -0.1) is 24.0 Å². The Morgan fingerprint density at radius 2 is 1.95 bits per heavy atom. The first-order valence-electron chi connectivity index (χ1n) is 6.79. The molecule has 0 unspecified atom stereocenters. The monoisotopic (exact) mass is 441 g/mol. The van der Waals surface area contributed by atoms with Crippen LogP contribution in [0.5, 0.6) is 0 Å². The van der Waals surface area contributed by atoms with Gasteiger partial charge >= 0.3 is 0 Å². The van der Waals surface area contributed by atoms with E-state index in [4.69, 9.17) is 28.9 Å². The number of guanidine groups is 1. The van der Waals surface area contributed by atoms with Gasteiger partial charge in [0.1, 0.15) is 0 Å². The summed E-state index contributed by atoms with van der Waals surface area (Å²) in [5.41, 5.74) is 7.00. The molecule has 3 nitrogen and oxygen atoms in total. The minimum atomic E-state index is -0.136. The summed E-state index contributed by atoms with van der Waals surface area (Å²) < 4.78 is 0. The van der Waals surface area contributed by atoms with Gasteiger partial charge in [-0.2, -0.15) is 0 Å². The first kappa shape index (κ1) is 18.8. The third kappa shape index (κ3) is 4.89. The normalized spacial score (nSPS) is 15.6. The van der Waals surface area contributed by atoms with Gasteiger partial charge in [-0.3, -0.25) is 4.99 Å². The summed E-state index contributed by atoms with van der Waals surface area (Å²) in [5, 5.41) is 1.15. The minimum absolute atomic E-state index is 0. The van der Waals surface area contributed by atoms with Crippen molar-refractivity contribution in [1.82, 2.24) is 4.90 Å². The number of rotatable bonds is 4. The quantitative estimate of drug-likeness (QED) is 0.430. The number of halogens is 3. The Morgan fingerprint density at radius 1 is 1.33 bits per heavy atom. The van der Waals surface area contributed by atoms with Gasteiger partial charge in [0.15, 0.2) is 5.96 Å². The van der Waals surface area contributed by atoms with E-state index in [-0.39, 0.29) is 29.4 Å². The topological polar surface area (TPSA) is 41.6 Å². The molecule has 0 radical (unpaired) electrons. The van der Waals surface area contributed by atoms with Gasteiger partial charge in [-0.1, -0.05) is 43.1 Å². The lowest BCUT2D eigenvalue weighted by atomic mass is 9.85. The molecule has 0 bridgehead atoms. The number of hydrogen-bond acceptors (Lipinski definition) is 1. The third-order valence-electron chi connectivity index (χ3n) is 3.79. The second kappa shape index (κ2) is 7.38. The van der Waals surface area contributed by atoms with Crippen LogP contribution in [0.2, 0.25) is 10.0 Å². The summed E-state index contributed by atoms with van der Waals surface area (Å²) in [5.74, 6) is 0.612. The predicted octanol–water partition coefficient (Wildman–Crippen LogP) is 4.30. The molecular formula is C15H22Cl2IN3. The molecule has 6 heteroatoms. The van der Waals surface area contributed by atoms with Gasteiger partial charge in [-0.05, 0) is 30.5 Å². The Bertz CT molecular complexity index is 528. The van der Waals surface area contributed by atoms with Crippen LogP contribution < -0.4 is 5.73 Å². The Hall–Kier alpha value is -0.200. The van der Waals surface area contributed by atoms with E-state index in [1.165, 1.54) is 12.8 Å². The lowest BCUT2D eigenvalue weighted by Gasteiger charge is -2.25. The highest BCUT2D eigenvalue weighted by molar-refractivity contribution is 14.0. The summed E-state index contributed by atoms with van der Waals surface area (Å²) in [6.45, 7) is 4.87. The Labute approximate surface area is 153 Å². The van der Waals surface area contributed by atoms with E-state index in [0.29, 0.717) is 28.6 Å². The zero-order valence-electron chi connectivity index (χ0n) is 12.6. The van der Waals surface area contributed by atoms with E-state index in [9.17, 15) is 0 Å². The van der Waals surface area contributed by atoms with E-state index in [2.05, 4.69) is 23.7 Å². The number of nitrogens with two attached hydrogens (primary N) is 1. The molecule has 1 aromatic carbocycles. The Kier molecular flexibility index (Phi) is 6.62. The standard InChI is InChI=1S/C15H21Cl2N3.HI/c1-15(2,10-4-7-12(16)13(17)8-10)9-19-14(18)20(3)11-5-6-11;/h4,7-8,11H,5-6,9H2,1-3H3,(H2,18,19);1H. The van der Waals surface area contributed by atoms with E-state index >= 15 is 0 Å². The smallest absolute Gasteiger partial charge is 0.191 e. The molecule has 2 rings (SSSR count). The van der Waals surface area contributed by atoms with Crippen LogP contribution in [0.15, 0.2) is 23.2 Å². The first-order valence-corrected chi connectivity index (χ1v) is 7.55. The molecule has 0 aliphatic heterocycles. The van der Waals surface area contributed by atoms with E-state index in [1.807, 2.05) is 25.2 Å². The minimum Gasteiger partial charge on any atom is -0.370 e. The van der Waals surface area contributed by atoms with Crippen molar-refractivity contribution in [2.24, 2.45) is 10.7 Å². The van der Waals surface area contributed by atoms with Crippen LogP contribution in [0, 0.1) is 0 Å². The molecule has 1 aromatic rings. The van der Waals surface area contributed by atoms with Crippen molar-refractivity contribution in [2.45, 2.75) is 38.1 Å².